The van der Waals surface area contributed by atoms with E-state index in [9.17, 15) is 9.18 Å². The van der Waals surface area contributed by atoms with Gasteiger partial charge in [0.2, 0.25) is 5.91 Å². The van der Waals surface area contributed by atoms with Crippen LogP contribution in [0, 0.1) is 5.82 Å². The number of carbonyl (C=O) groups excluding carboxylic acids is 1. The number of carbonyl (C=O) groups is 1. The van der Waals surface area contributed by atoms with Gasteiger partial charge in [0.15, 0.2) is 0 Å². The molecule has 0 radical (unpaired) electrons. The lowest BCUT2D eigenvalue weighted by Crippen LogP contribution is -2.21. The third-order valence-electron chi connectivity index (χ3n) is 2.62. The van der Waals surface area contributed by atoms with E-state index in [1.807, 2.05) is 6.92 Å². The van der Waals surface area contributed by atoms with Gasteiger partial charge in [0.25, 0.3) is 0 Å². The molecule has 1 aliphatic heterocycles. The molecular weight excluding hydrogens is 231 g/mol. The van der Waals surface area contributed by atoms with Crippen molar-refractivity contribution in [2.45, 2.75) is 25.8 Å². The van der Waals surface area contributed by atoms with Gasteiger partial charge in [-0.15, -0.1) is 0 Å². The van der Waals surface area contributed by atoms with Gasteiger partial charge in [-0.1, -0.05) is 18.5 Å². The molecule has 5 heteroatoms. The average molecular weight is 243 g/mol. The SMILES string of the molecule is CCC1CC(=O)Nc2cc(Cl)c(F)cc2N1. The largest absolute Gasteiger partial charge is 0.380 e. The molecule has 1 heterocycles. The minimum Gasteiger partial charge on any atom is -0.380 e. The summed E-state index contributed by atoms with van der Waals surface area (Å²) in [5.74, 6) is -0.570. The fourth-order valence-electron chi connectivity index (χ4n) is 1.71. The zero-order chi connectivity index (χ0) is 11.7. The summed E-state index contributed by atoms with van der Waals surface area (Å²) in [6.07, 6.45) is 1.18. The van der Waals surface area contributed by atoms with Crippen molar-refractivity contribution in [1.82, 2.24) is 0 Å². The summed E-state index contributed by atoms with van der Waals surface area (Å²) >= 11 is 5.66. The zero-order valence-electron chi connectivity index (χ0n) is 8.81. The van der Waals surface area contributed by atoms with Crippen molar-refractivity contribution < 1.29 is 9.18 Å². The predicted octanol–water partition coefficient (Wildman–Crippen LogP) is 3.01. The van der Waals surface area contributed by atoms with Crippen molar-refractivity contribution in [3.8, 4) is 0 Å². The molecule has 1 aromatic carbocycles. The molecule has 0 aromatic heterocycles. The van der Waals surface area contributed by atoms with Crippen LogP contribution in [0.4, 0.5) is 15.8 Å². The Kier molecular flexibility index (Phi) is 3.01. The first kappa shape index (κ1) is 11.2. The summed E-state index contributed by atoms with van der Waals surface area (Å²) in [5, 5.41) is 5.84. The Balaban J connectivity index is 2.42. The highest BCUT2D eigenvalue weighted by Crippen LogP contribution is 2.31. The van der Waals surface area contributed by atoms with E-state index in [-0.39, 0.29) is 17.0 Å². The van der Waals surface area contributed by atoms with Crippen LogP contribution < -0.4 is 10.6 Å². The molecule has 0 spiro atoms. The van der Waals surface area contributed by atoms with E-state index < -0.39 is 5.82 Å². The first-order chi connectivity index (χ1) is 7.60. The molecular formula is C11H12ClFN2O. The topological polar surface area (TPSA) is 41.1 Å². The maximum Gasteiger partial charge on any atom is 0.226 e. The number of hydrogen-bond donors (Lipinski definition) is 2. The number of fused-ring (bicyclic) bond motifs is 1. The normalized spacial score (nSPS) is 19.4. The van der Waals surface area contributed by atoms with Crippen molar-refractivity contribution in [3.05, 3.63) is 23.0 Å². The molecule has 1 atom stereocenters. The summed E-state index contributed by atoms with van der Waals surface area (Å²) in [5.41, 5.74) is 1.12. The van der Waals surface area contributed by atoms with E-state index in [2.05, 4.69) is 10.6 Å². The summed E-state index contributed by atoms with van der Waals surface area (Å²) in [6.45, 7) is 1.97. The predicted molar refractivity (Wildman–Crippen MR) is 62.4 cm³/mol. The molecule has 0 bridgehead atoms. The third kappa shape index (κ3) is 2.11. The Bertz CT molecular complexity index is 436. The maximum absolute atomic E-state index is 13.3. The molecule has 2 N–H and O–H groups in total. The number of anilines is 2. The fourth-order valence-corrected chi connectivity index (χ4v) is 1.88. The molecule has 16 heavy (non-hydrogen) atoms. The highest BCUT2D eigenvalue weighted by Gasteiger charge is 2.20. The van der Waals surface area contributed by atoms with Gasteiger partial charge in [0.1, 0.15) is 5.82 Å². The number of amides is 1. The van der Waals surface area contributed by atoms with Gasteiger partial charge in [0.05, 0.1) is 16.4 Å². The van der Waals surface area contributed by atoms with Gasteiger partial charge >= 0.3 is 0 Å². The van der Waals surface area contributed by atoms with E-state index in [4.69, 9.17) is 11.6 Å². The fraction of sp³-hybridized carbons (Fsp3) is 0.364. The van der Waals surface area contributed by atoms with E-state index in [1.165, 1.54) is 12.1 Å². The second-order valence-electron chi connectivity index (χ2n) is 3.81. The second-order valence-corrected chi connectivity index (χ2v) is 4.22. The van der Waals surface area contributed by atoms with Gasteiger partial charge in [-0.05, 0) is 12.5 Å². The highest BCUT2D eigenvalue weighted by molar-refractivity contribution is 6.31. The number of benzene rings is 1. The van der Waals surface area contributed by atoms with Gasteiger partial charge < -0.3 is 10.6 Å². The molecule has 1 amide bonds. The Morgan fingerprint density at radius 3 is 2.94 bits per heavy atom. The lowest BCUT2D eigenvalue weighted by molar-refractivity contribution is -0.116. The second kappa shape index (κ2) is 4.29. The molecule has 1 unspecified atom stereocenters. The van der Waals surface area contributed by atoms with Crippen LogP contribution in [0.2, 0.25) is 5.02 Å². The van der Waals surface area contributed by atoms with Crippen LogP contribution in [-0.2, 0) is 4.79 Å². The summed E-state index contributed by atoms with van der Waals surface area (Å²) in [4.78, 5) is 11.5. The Hall–Kier alpha value is -1.29. The third-order valence-corrected chi connectivity index (χ3v) is 2.91. The minimum absolute atomic E-state index is 0.01000. The van der Waals surface area contributed by atoms with E-state index in [0.29, 0.717) is 17.8 Å². The maximum atomic E-state index is 13.3. The quantitative estimate of drug-likeness (QED) is 0.795. The van der Waals surface area contributed by atoms with Gasteiger partial charge in [-0.25, -0.2) is 4.39 Å². The van der Waals surface area contributed by atoms with Crippen LogP contribution >= 0.6 is 11.6 Å². The monoisotopic (exact) mass is 242 g/mol. The number of rotatable bonds is 1. The molecule has 1 aliphatic rings. The van der Waals surface area contributed by atoms with E-state index in [0.717, 1.165) is 6.42 Å². The van der Waals surface area contributed by atoms with Gasteiger partial charge in [-0.2, -0.15) is 0 Å². The number of halogens is 2. The van der Waals surface area contributed by atoms with Crippen LogP contribution in [0.1, 0.15) is 19.8 Å². The Morgan fingerprint density at radius 2 is 2.25 bits per heavy atom. The first-order valence-electron chi connectivity index (χ1n) is 5.15. The molecule has 3 nitrogen and oxygen atoms in total. The number of hydrogen-bond acceptors (Lipinski definition) is 2. The van der Waals surface area contributed by atoms with Gasteiger partial charge in [0, 0.05) is 18.5 Å². The molecule has 1 aromatic rings. The van der Waals surface area contributed by atoms with E-state index >= 15 is 0 Å². The van der Waals surface area contributed by atoms with Crippen LogP contribution in [0.15, 0.2) is 12.1 Å². The van der Waals surface area contributed by atoms with Crippen LogP contribution in [0.5, 0.6) is 0 Å². The van der Waals surface area contributed by atoms with Crippen molar-refractivity contribution in [1.29, 1.82) is 0 Å². The lowest BCUT2D eigenvalue weighted by Gasteiger charge is -2.14. The van der Waals surface area contributed by atoms with E-state index in [1.54, 1.807) is 0 Å². The van der Waals surface area contributed by atoms with Crippen molar-refractivity contribution >= 4 is 28.9 Å². The van der Waals surface area contributed by atoms with Gasteiger partial charge in [-0.3, -0.25) is 4.79 Å². The Morgan fingerprint density at radius 1 is 1.50 bits per heavy atom. The van der Waals surface area contributed by atoms with Crippen LogP contribution in [0.25, 0.3) is 0 Å². The molecule has 0 saturated heterocycles. The summed E-state index contributed by atoms with van der Waals surface area (Å²) in [7, 11) is 0. The smallest absolute Gasteiger partial charge is 0.226 e. The highest BCUT2D eigenvalue weighted by atomic mass is 35.5. The standard InChI is InChI=1S/C11H12ClFN2O/c1-2-6-3-11(16)15-9-4-7(12)8(13)5-10(9)14-6/h4-6,14H,2-3H2,1H3,(H,15,16). The van der Waals surface area contributed by atoms with Crippen molar-refractivity contribution in [2.75, 3.05) is 10.6 Å². The molecule has 0 aliphatic carbocycles. The van der Waals surface area contributed by atoms with Crippen LogP contribution in [-0.4, -0.2) is 11.9 Å². The lowest BCUT2D eigenvalue weighted by atomic mass is 10.1. The molecule has 2 rings (SSSR count). The number of nitrogens with one attached hydrogen (secondary N) is 2. The molecule has 86 valence electrons. The Labute approximate surface area is 98.0 Å². The summed E-state index contributed by atoms with van der Waals surface area (Å²) in [6, 6.07) is 2.77. The first-order valence-corrected chi connectivity index (χ1v) is 5.53. The zero-order valence-corrected chi connectivity index (χ0v) is 9.57. The van der Waals surface area contributed by atoms with Crippen molar-refractivity contribution in [2.24, 2.45) is 0 Å². The minimum atomic E-state index is -0.487. The summed E-state index contributed by atoms with van der Waals surface area (Å²) < 4.78 is 13.3. The average Bonchev–Trinajstić information content (AvgIpc) is 2.37. The van der Waals surface area contributed by atoms with Crippen molar-refractivity contribution in [3.63, 3.8) is 0 Å². The van der Waals surface area contributed by atoms with Crippen LogP contribution in [0.3, 0.4) is 0 Å². The molecule has 0 fully saturated rings. The molecule has 0 saturated carbocycles.